The van der Waals surface area contributed by atoms with Gasteiger partial charge in [-0.1, -0.05) is 0 Å². The molecule has 3 N–H and O–H groups in total. The quantitative estimate of drug-likeness (QED) is 0.243. The van der Waals surface area contributed by atoms with Gasteiger partial charge in [-0.3, -0.25) is 14.6 Å². The Hall–Kier alpha value is -4.55. The van der Waals surface area contributed by atoms with E-state index in [0.717, 1.165) is 12.1 Å². The van der Waals surface area contributed by atoms with E-state index in [-0.39, 0.29) is 54.2 Å². The van der Waals surface area contributed by atoms with Gasteiger partial charge in [0, 0.05) is 62.4 Å². The van der Waals surface area contributed by atoms with E-state index in [4.69, 9.17) is 10.5 Å². The smallest absolute Gasteiger partial charge is 0.416 e. The van der Waals surface area contributed by atoms with Gasteiger partial charge in [0.05, 0.1) is 23.4 Å². The summed E-state index contributed by atoms with van der Waals surface area (Å²) < 4.78 is 73.4. The second kappa shape index (κ2) is 13.2. The number of halogens is 5. The van der Waals surface area contributed by atoms with Crippen LogP contribution in [-0.4, -0.2) is 58.3 Å². The fourth-order valence-corrected chi connectivity index (χ4v) is 4.31. The van der Waals surface area contributed by atoms with Crippen LogP contribution in [0.25, 0.3) is 17.3 Å². The molecule has 1 fully saturated rings. The van der Waals surface area contributed by atoms with Gasteiger partial charge in [0.2, 0.25) is 5.91 Å². The Kier molecular flexibility index (Phi) is 9.62. The maximum absolute atomic E-state index is 13.7. The van der Waals surface area contributed by atoms with Crippen LogP contribution in [0, 0.1) is 0 Å². The third-order valence-electron chi connectivity index (χ3n) is 6.77. The molecule has 0 radical (unpaired) electrons. The highest BCUT2D eigenvalue weighted by Gasteiger charge is 2.36. The summed E-state index contributed by atoms with van der Waals surface area (Å²) in [6.45, 7) is 1.56. The number of nitrogen functional groups attached to an aromatic ring is 1. The number of rotatable bonds is 9. The number of anilines is 1. The van der Waals surface area contributed by atoms with Crippen LogP contribution in [0.3, 0.4) is 0 Å². The molecule has 1 unspecified atom stereocenters. The Bertz CT molecular complexity index is 1450. The van der Waals surface area contributed by atoms with Gasteiger partial charge in [-0.05, 0) is 61.0 Å². The van der Waals surface area contributed by atoms with E-state index in [0.29, 0.717) is 17.8 Å². The average molecular weight is 604 g/mol. The van der Waals surface area contributed by atoms with Crippen molar-refractivity contribution in [2.75, 3.05) is 25.4 Å². The molecule has 1 saturated heterocycles. The van der Waals surface area contributed by atoms with Gasteiger partial charge in [0.1, 0.15) is 11.6 Å². The molecule has 0 spiro atoms. The van der Waals surface area contributed by atoms with Gasteiger partial charge in [-0.25, -0.2) is 13.8 Å². The van der Waals surface area contributed by atoms with Crippen LogP contribution in [0.2, 0.25) is 0 Å². The summed E-state index contributed by atoms with van der Waals surface area (Å²) in [4.78, 5) is 34.3. The normalized spacial score (nSPS) is 15.7. The van der Waals surface area contributed by atoms with Crippen molar-refractivity contribution < 1.29 is 36.3 Å². The summed E-state index contributed by atoms with van der Waals surface area (Å²) in [5, 5.41) is 2.75. The summed E-state index contributed by atoms with van der Waals surface area (Å²) in [6, 6.07) is 8.97. The van der Waals surface area contributed by atoms with Gasteiger partial charge >= 0.3 is 6.18 Å². The van der Waals surface area contributed by atoms with Crippen LogP contribution in [0.4, 0.5) is 27.8 Å². The molecular weight excluding hydrogens is 573 g/mol. The van der Waals surface area contributed by atoms with Gasteiger partial charge < -0.3 is 20.7 Å². The van der Waals surface area contributed by atoms with Crippen molar-refractivity contribution >= 4 is 23.7 Å². The van der Waals surface area contributed by atoms with Crippen LogP contribution in [-0.2, 0) is 11.0 Å². The highest BCUT2D eigenvalue weighted by molar-refractivity contribution is 5.94. The first-order chi connectivity index (χ1) is 20.3. The number of nitrogens with zero attached hydrogens (tertiary/aromatic N) is 3. The molecule has 3 aromatic rings. The van der Waals surface area contributed by atoms with Gasteiger partial charge in [0.25, 0.3) is 11.8 Å². The number of likely N-dealkylation sites (tertiary alicyclic amines) is 1. The predicted molar refractivity (Wildman–Crippen MR) is 150 cm³/mol. The molecule has 2 aromatic heterocycles. The molecule has 1 aromatic carbocycles. The first-order valence-electron chi connectivity index (χ1n) is 13.5. The third-order valence-corrected chi connectivity index (χ3v) is 6.77. The first-order valence-corrected chi connectivity index (χ1v) is 13.5. The molecule has 4 rings (SSSR count). The van der Waals surface area contributed by atoms with Crippen molar-refractivity contribution in [3.63, 3.8) is 0 Å². The lowest BCUT2D eigenvalue weighted by Crippen LogP contribution is -2.42. The van der Waals surface area contributed by atoms with E-state index < -0.39 is 36.4 Å². The number of piperidine rings is 1. The SMILES string of the molecule is CC(CCOc1cc(-c2ccc(C(=O)N3CCC(F)(F)CC3)cn2)cc(C(F)(F)F)c1)NC(=O)/C=C/c1ccc(N)nc1. The average Bonchev–Trinajstić information content (AvgIpc) is 2.96. The molecule has 13 heteroatoms. The lowest BCUT2D eigenvalue weighted by Gasteiger charge is -2.31. The van der Waals surface area contributed by atoms with E-state index in [1.165, 1.54) is 41.6 Å². The van der Waals surface area contributed by atoms with Crippen LogP contribution < -0.4 is 15.8 Å². The van der Waals surface area contributed by atoms with Crippen molar-refractivity contribution in [2.45, 2.75) is 44.3 Å². The highest BCUT2D eigenvalue weighted by atomic mass is 19.4. The molecule has 2 amide bonds. The molecule has 0 saturated carbocycles. The fraction of sp³-hybridized carbons (Fsp3) is 0.333. The molecule has 3 heterocycles. The van der Waals surface area contributed by atoms with E-state index in [1.807, 2.05) is 0 Å². The fourth-order valence-electron chi connectivity index (χ4n) is 4.31. The van der Waals surface area contributed by atoms with Crippen LogP contribution in [0.5, 0.6) is 5.75 Å². The molecule has 0 bridgehead atoms. The van der Waals surface area contributed by atoms with Gasteiger partial charge in [-0.15, -0.1) is 0 Å². The summed E-state index contributed by atoms with van der Waals surface area (Å²) in [5.74, 6) is -3.33. The Labute approximate surface area is 244 Å². The second-order valence-corrected chi connectivity index (χ2v) is 10.2. The number of nitrogens with one attached hydrogen (secondary N) is 1. The summed E-state index contributed by atoms with van der Waals surface area (Å²) in [7, 11) is 0. The molecule has 1 aliphatic rings. The predicted octanol–water partition coefficient (Wildman–Crippen LogP) is 5.60. The Morgan fingerprint density at radius 3 is 2.47 bits per heavy atom. The second-order valence-electron chi connectivity index (χ2n) is 10.2. The van der Waals surface area contributed by atoms with Crippen molar-refractivity contribution in [3.8, 4) is 17.0 Å². The van der Waals surface area contributed by atoms with Crippen molar-refractivity contribution in [1.29, 1.82) is 0 Å². The Balaban J connectivity index is 1.37. The number of hydrogen-bond acceptors (Lipinski definition) is 6. The number of ether oxygens (including phenoxy) is 1. The molecule has 8 nitrogen and oxygen atoms in total. The maximum Gasteiger partial charge on any atom is 0.416 e. The van der Waals surface area contributed by atoms with E-state index >= 15 is 0 Å². The number of pyridine rings is 2. The molecule has 228 valence electrons. The number of amides is 2. The maximum atomic E-state index is 13.7. The monoisotopic (exact) mass is 603 g/mol. The Morgan fingerprint density at radius 1 is 1.09 bits per heavy atom. The van der Waals surface area contributed by atoms with E-state index in [2.05, 4.69) is 15.3 Å². The van der Waals surface area contributed by atoms with Crippen LogP contribution in [0.1, 0.15) is 47.7 Å². The Morgan fingerprint density at radius 2 is 1.84 bits per heavy atom. The standard InChI is InChI=1S/C30H30F5N5O3/c1-19(39-27(41)7-3-20-2-6-26(36)38-17-20)8-13-43-24-15-22(14-23(16-24)30(33,34)35)25-5-4-21(18-37-25)28(42)40-11-9-29(31,32)10-12-40/h2-7,14-19H,8-13H2,1H3,(H2,36,38)(H,39,41)/b7-3+. The number of aromatic nitrogens is 2. The van der Waals surface area contributed by atoms with E-state index in [9.17, 15) is 31.5 Å². The lowest BCUT2D eigenvalue weighted by molar-refractivity contribution is -0.137. The first kappa shape index (κ1) is 31.4. The third kappa shape index (κ3) is 8.97. The number of hydrogen-bond donors (Lipinski definition) is 2. The van der Waals surface area contributed by atoms with Gasteiger partial charge in [0.15, 0.2) is 0 Å². The summed E-state index contributed by atoms with van der Waals surface area (Å²) in [5.41, 5.74) is 5.71. The summed E-state index contributed by atoms with van der Waals surface area (Å²) in [6.07, 6.45) is 0.434. The minimum atomic E-state index is -4.66. The highest BCUT2D eigenvalue weighted by Crippen LogP contribution is 2.35. The van der Waals surface area contributed by atoms with Crippen LogP contribution in [0.15, 0.2) is 60.9 Å². The summed E-state index contributed by atoms with van der Waals surface area (Å²) >= 11 is 0. The van der Waals surface area contributed by atoms with Crippen molar-refractivity contribution in [3.05, 3.63) is 77.6 Å². The number of benzene rings is 1. The van der Waals surface area contributed by atoms with Crippen LogP contribution >= 0.6 is 0 Å². The van der Waals surface area contributed by atoms with Crippen molar-refractivity contribution in [2.24, 2.45) is 0 Å². The lowest BCUT2D eigenvalue weighted by atomic mass is 10.0. The minimum absolute atomic E-state index is 0.0174. The largest absolute Gasteiger partial charge is 0.493 e. The zero-order chi connectivity index (χ0) is 31.2. The zero-order valence-corrected chi connectivity index (χ0v) is 23.2. The topological polar surface area (TPSA) is 110 Å². The number of carbonyl (C=O) groups excluding carboxylic acids is 2. The molecular formula is C30H30F5N5O3. The van der Waals surface area contributed by atoms with Gasteiger partial charge in [-0.2, -0.15) is 13.2 Å². The molecule has 1 atom stereocenters. The van der Waals surface area contributed by atoms with E-state index in [1.54, 1.807) is 25.1 Å². The zero-order valence-electron chi connectivity index (χ0n) is 23.2. The number of nitrogens with two attached hydrogens (primary N) is 1. The van der Waals surface area contributed by atoms with Crippen molar-refractivity contribution in [1.82, 2.24) is 20.2 Å². The number of alkyl halides is 5. The number of carbonyl (C=O) groups is 2. The molecule has 1 aliphatic heterocycles. The molecule has 43 heavy (non-hydrogen) atoms. The minimum Gasteiger partial charge on any atom is -0.493 e. The molecule has 0 aliphatic carbocycles.